The molecule has 0 aromatic carbocycles. The minimum atomic E-state index is -4.82. The monoisotopic (exact) mass is 310 g/mol. The van der Waals surface area contributed by atoms with E-state index in [4.69, 9.17) is 10.8 Å². The molecule has 0 aliphatic carbocycles. The summed E-state index contributed by atoms with van der Waals surface area (Å²) in [6.45, 7) is 2.74. The number of likely N-dealkylation sites (tertiary alicyclic amines) is 1. The topological polar surface area (TPSA) is 83.6 Å². The van der Waals surface area contributed by atoms with E-state index in [1.807, 2.05) is 0 Å². The third kappa shape index (κ3) is 4.09. The van der Waals surface area contributed by atoms with Gasteiger partial charge in [0.15, 0.2) is 5.54 Å². The van der Waals surface area contributed by atoms with E-state index in [0.29, 0.717) is 19.8 Å². The third-order valence-corrected chi connectivity index (χ3v) is 4.08. The van der Waals surface area contributed by atoms with Gasteiger partial charge in [0, 0.05) is 19.5 Å². The molecule has 21 heavy (non-hydrogen) atoms. The summed E-state index contributed by atoms with van der Waals surface area (Å²) in [5.41, 5.74) is 2.25. The van der Waals surface area contributed by atoms with Crippen molar-refractivity contribution in [3.8, 4) is 0 Å². The van der Waals surface area contributed by atoms with E-state index in [9.17, 15) is 22.8 Å². The van der Waals surface area contributed by atoms with Crippen molar-refractivity contribution in [2.24, 2.45) is 17.6 Å². The van der Waals surface area contributed by atoms with E-state index in [2.05, 4.69) is 0 Å². The number of piperidine rings is 1. The van der Waals surface area contributed by atoms with Crippen molar-refractivity contribution in [3.05, 3.63) is 0 Å². The largest absolute Gasteiger partial charge is 0.481 e. The number of nitrogens with zero attached hydrogens (tertiary/aromatic N) is 1. The minimum absolute atomic E-state index is 0.0636. The molecule has 8 heteroatoms. The number of rotatable bonds is 4. The van der Waals surface area contributed by atoms with Crippen molar-refractivity contribution in [1.82, 2.24) is 4.90 Å². The van der Waals surface area contributed by atoms with Gasteiger partial charge in [0.2, 0.25) is 0 Å². The predicted octanol–water partition coefficient (Wildman–Crippen LogP) is 1.62. The molecule has 0 spiro atoms. The van der Waals surface area contributed by atoms with Gasteiger partial charge in [-0.05, 0) is 31.6 Å². The highest BCUT2D eigenvalue weighted by Crippen LogP contribution is 2.32. The molecule has 3 atom stereocenters. The average Bonchev–Trinajstić information content (AvgIpc) is 2.35. The second kappa shape index (κ2) is 6.21. The molecule has 3 unspecified atom stereocenters. The molecule has 0 aromatic heterocycles. The lowest BCUT2D eigenvalue weighted by Gasteiger charge is -2.39. The molecular weight excluding hydrogens is 289 g/mol. The predicted molar refractivity (Wildman–Crippen MR) is 69.4 cm³/mol. The first-order chi connectivity index (χ1) is 9.46. The maximum Gasteiger partial charge on any atom is 0.415 e. The number of carbonyl (C=O) groups excluding carboxylic acids is 1. The van der Waals surface area contributed by atoms with Crippen LogP contribution in [0.5, 0.6) is 0 Å². The number of carboxylic acids is 1. The molecule has 0 radical (unpaired) electrons. The van der Waals surface area contributed by atoms with E-state index in [1.54, 1.807) is 6.92 Å². The molecule has 1 aliphatic heterocycles. The number of halogens is 3. The van der Waals surface area contributed by atoms with Crippen LogP contribution in [0.1, 0.15) is 33.1 Å². The zero-order valence-electron chi connectivity index (χ0n) is 12.1. The second-order valence-corrected chi connectivity index (χ2v) is 5.93. The lowest BCUT2D eigenvalue weighted by Crippen LogP contribution is -2.63. The first-order valence-corrected chi connectivity index (χ1v) is 6.83. The summed E-state index contributed by atoms with van der Waals surface area (Å²) in [4.78, 5) is 23.8. The molecule has 1 heterocycles. The van der Waals surface area contributed by atoms with Gasteiger partial charge < -0.3 is 15.7 Å². The number of hydrogen-bond donors (Lipinski definition) is 2. The van der Waals surface area contributed by atoms with Crippen LogP contribution < -0.4 is 5.73 Å². The van der Waals surface area contributed by atoms with Gasteiger partial charge in [-0.25, -0.2) is 0 Å². The van der Waals surface area contributed by atoms with E-state index < -0.39 is 23.6 Å². The molecule has 3 N–H and O–H groups in total. The zero-order valence-corrected chi connectivity index (χ0v) is 12.1. The smallest absolute Gasteiger partial charge is 0.415 e. The van der Waals surface area contributed by atoms with Gasteiger partial charge in [-0.1, -0.05) is 6.92 Å². The number of nitrogens with two attached hydrogens (primary N) is 1. The summed E-state index contributed by atoms with van der Waals surface area (Å²) >= 11 is 0. The third-order valence-electron chi connectivity index (χ3n) is 4.08. The van der Waals surface area contributed by atoms with E-state index in [-0.39, 0.29) is 31.3 Å². The van der Waals surface area contributed by atoms with Crippen LogP contribution in [0.3, 0.4) is 0 Å². The summed E-state index contributed by atoms with van der Waals surface area (Å²) in [6, 6.07) is 0. The maximum atomic E-state index is 12.8. The molecule has 5 nitrogen and oxygen atoms in total. The Hall–Kier alpha value is -1.31. The number of carboxylic acid groups (broad SMARTS) is 1. The first-order valence-electron chi connectivity index (χ1n) is 6.83. The van der Waals surface area contributed by atoms with Crippen LogP contribution in [0.2, 0.25) is 0 Å². The van der Waals surface area contributed by atoms with Gasteiger partial charge in [0.05, 0.1) is 0 Å². The van der Waals surface area contributed by atoms with Crippen molar-refractivity contribution in [2.45, 2.75) is 44.8 Å². The summed E-state index contributed by atoms with van der Waals surface area (Å²) in [7, 11) is 0. The van der Waals surface area contributed by atoms with E-state index >= 15 is 0 Å². The fourth-order valence-corrected chi connectivity index (χ4v) is 2.55. The summed E-state index contributed by atoms with van der Waals surface area (Å²) < 4.78 is 38.4. The number of carbonyl (C=O) groups is 2. The van der Waals surface area contributed by atoms with Crippen LogP contribution in [0.25, 0.3) is 0 Å². The SMILES string of the molecule is CC(CC(=O)O)C1CCCN(C(=O)C(C)(N)C(F)(F)F)C1. The van der Waals surface area contributed by atoms with E-state index in [0.717, 1.165) is 4.90 Å². The van der Waals surface area contributed by atoms with Gasteiger partial charge in [0.1, 0.15) is 0 Å². The fourth-order valence-electron chi connectivity index (χ4n) is 2.55. The Morgan fingerprint density at radius 3 is 2.48 bits per heavy atom. The molecule has 1 saturated heterocycles. The van der Waals surface area contributed by atoms with Crippen LogP contribution in [0, 0.1) is 11.8 Å². The zero-order chi connectivity index (χ0) is 16.4. The Labute approximate surface area is 121 Å². The average molecular weight is 310 g/mol. The van der Waals surface area contributed by atoms with Crippen LogP contribution in [-0.4, -0.2) is 46.7 Å². The second-order valence-electron chi connectivity index (χ2n) is 5.93. The molecular formula is C13H21F3N2O3. The lowest BCUT2D eigenvalue weighted by molar-refractivity contribution is -0.194. The molecule has 122 valence electrons. The normalized spacial score (nSPS) is 24.3. The quantitative estimate of drug-likeness (QED) is 0.826. The summed E-state index contributed by atoms with van der Waals surface area (Å²) in [5.74, 6) is -2.43. The van der Waals surface area contributed by atoms with Crippen molar-refractivity contribution < 1.29 is 27.9 Å². The highest BCUT2D eigenvalue weighted by atomic mass is 19.4. The summed E-state index contributed by atoms with van der Waals surface area (Å²) in [5, 5.41) is 8.78. The Morgan fingerprint density at radius 1 is 1.43 bits per heavy atom. The Balaban J connectivity index is 2.77. The van der Waals surface area contributed by atoms with Crippen molar-refractivity contribution in [1.29, 1.82) is 0 Å². The highest BCUT2D eigenvalue weighted by molar-refractivity contribution is 5.86. The summed E-state index contributed by atoms with van der Waals surface area (Å²) in [6.07, 6.45) is -3.63. The lowest BCUT2D eigenvalue weighted by atomic mass is 9.84. The number of hydrogen-bond acceptors (Lipinski definition) is 3. The molecule has 1 fully saturated rings. The molecule has 0 saturated carbocycles. The maximum absolute atomic E-state index is 12.8. The number of aliphatic carboxylic acids is 1. The molecule has 0 bridgehead atoms. The Kier molecular flexibility index (Phi) is 5.25. The minimum Gasteiger partial charge on any atom is -0.481 e. The van der Waals surface area contributed by atoms with Gasteiger partial charge >= 0.3 is 12.1 Å². The van der Waals surface area contributed by atoms with Crippen LogP contribution in [0.4, 0.5) is 13.2 Å². The molecule has 1 aliphatic rings. The van der Waals surface area contributed by atoms with Crippen LogP contribution in [0.15, 0.2) is 0 Å². The molecule has 0 aromatic rings. The van der Waals surface area contributed by atoms with Crippen molar-refractivity contribution >= 4 is 11.9 Å². The van der Waals surface area contributed by atoms with Crippen LogP contribution >= 0.6 is 0 Å². The van der Waals surface area contributed by atoms with Gasteiger partial charge in [-0.2, -0.15) is 13.2 Å². The standard InChI is InChI=1S/C13H21F3N2O3/c1-8(6-10(19)20)9-4-3-5-18(7-9)11(21)12(2,17)13(14,15)16/h8-9H,3-7,17H2,1-2H3,(H,19,20). The highest BCUT2D eigenvalue weighted by Gasteiger charge is 2.55. The first kappa shape index (κ1) is 17.7. The Morgan fingerprint density at radius 2 is 2.00 bits per heavy atom. The van der Waals surface area contributed by atoms with Crippen molar-refractivity contribution in [3.63, 3.8) is 0 Å². The molecule has 1 rings (SSSR count). The van der Waals surface area contributed by atoms with Crippen molar-refractivity contribution in [2.75, 3.05) is 13.1 Å². The van der Waals surface area contributed by atoms with Gasteiger partial charge in [0.25, 0.3) is 5.91 Å². The molecule has 1 amide bonds. The van der Waals surface area contributed by atoms with Gasteiger partial charge in [-0.3, -0.25) is 9.59 Å². The number of alkyl halides is 3. The Bertz CT molecular complexity index is 410. The van der Waals surface area contributed by atoms with Gasteiger partial charge in [-0.15, -0.1) is 0 Å². The fraction of sp³-hybridized carbons (Fsp3) is 0.846. The van der Waals surface area contributed by atoms with Crippen LogP contribution in [-0.2, 0) is 9.59 Å². The number of amides is 1. The van der Waals surface area contributed by atoms with E-state index in [1.165, 1.54) is 0 Å².